The molecule has 1 heterocycles. The molecule has 2 aliphatic rings. The number of nitrogens with zero attached hydrogens (tertiary/aromatic N) is 1. The minimum absolute atomic E-state index is 0.0543. The van der Waals surface area contributed by atoms with E-state index in [1.165, 1.54) is 0 Å². The number of likely N-dealkylation sites (tertiary alicyclic amines) is 1. The van der Waals surface area contributed by atoms with Gasteiger partial charge in [-0.05, 0) is 41.5 Å². The Kier molecular flexibility index (Phi) is 7.50. The van der Waals surface area contributed by atoms with E-state index in [1.807, 2.05) is 31.2 Å². The van der Waals surface area contributed by atoms with Crippen LogP contribution in [0, 0.1) is 5.92 Å². The zero-order valence-electron chi connectivity index (χ0n) is 19.5. The van der Waals surface area contributed by atoms with E-state index in [-0.39, 0.29) is 25.0 Å². The summed E-state index contributed by atoms with van der Waals surface area (Å²) in [4.78, 5) is 38.9. The lowest BCUT2D eigenvalue weighted by molar-refractivity contribution is -0.146. The van der Waals surface area contributed by atoms with E-state index in [0.29, 0.717) is 25.8 Å². The van der Waals surface area contributed by atoms with Crippen LogP contribution in [0.3, 0.4) is 0 Å². The number of hydrogen-bond donors (Lipinski definition) is 2. The first-order valence-electron chi connectivity index (χ1n) is 12.1. The third-order valence-corrected chi connectivity index (χ3v) is 6.86. The van der Waals surface area contributed by atoms with Crippen molar-refractivity contribution in [3.8, 4) is 11.1 Å². The summed E-state index contributed by atoms with van der Waals surface area (Å²) in [6.45, 7) is 2.90. The molecule has 0 bridgehead atoms. The number of fused-ring (bicyclic) bond motifs is 3. The van der Waals surface area contributed by atoms with Gasteiger partial charge in [0.2, 0.25) is 5.91 Å². The van der Waals surface area contributed by atoms with Crippen molar-refractivity contribution in [3.63, 3.8) is 0 Å². The summed E-state index contributed by atoms with van der Waals surface area (Å²) in [6.07, 6.45) is 2.74. The fourth-order valence-corrected chi connectivity index (χ4v) is 5.05. The van der Waals surface area contributed by atoms with Crippen LogP contribution in [0.1, 0.15) is 56.1 Å². The van der Waals surface area contributed by atoms with Gasteiger partial charge < -0.3 is 20.1 Å². The number of benzene rings is 2. The highest BCUT2D eigenvalue weighted by atomic mass is 16.5. The Morgan fingerprint density at radius 1 is 1.09 bits per heavy atom. The molecule has 0 radical (unpaired) electrons. The van der Waals surface area contributed by atoms with Crippen LogP contribution in [0.25, 0.3) is 11.1 Å². The molecule has 0 spiro atoms. The Bertz CT molecular complexity index is 1010. The van der Waals surface area contributed by atoms with Crippen LogP contribution < -0.4 is 5.32 Å². The number of ether oxygens (including phenoxy) is 1. The highest BCUT2D eigenvalue weighted by Gasteiger charge is 2.33. The highest BCUT2D eigenvalue weighted by Crippen LogP contribution is 2.44. The van der Waals surface area contributed by atoms with Crippen LogP contribution in [0.4, 0.5) is 4.79 Å². The maximum Gasteiger partial charge on any atom is 0.407 e. The number of rotatable bonds is 8. The van der Waals surface area contributed by atoms with Gasteiger partial charge in [0.15, 0.2) is 0 Å². The van der Waals surface area contributed by atoms with Crippen molar-refractivity contribution in [3.05, 3.63) is 59.7 Å². The summed E-state index contributed by atoms with van der Waals surface area (Å²) in [5.41, 5.74) is 4.56. The largest absolute Gasteiger partial charge is 0.481 e. The second kappa shape index (κ2) is 10.7. The number of alkyl carbamates (subject to hydrolysis) is 1. The lowest BCUT2D eigenvalue weighted by Gasteiger charge is -2.33. The number of carboxylic acids is 1. The Labute approximate surface area is 200 Å². The van der Waals surface area contributed by atoms with E-state index < -0.39 is 24.0 Å². The lowest BCUT2D eigenvalue weighted by Crippen LogP contribution is -2.52. The standard InChI is InChI=1S/C27H32N2O5/c1-2-3-14-24(25(30)29-15-8-9-18(16-29)26(31)32)28-27(33)34-17-23-21-12-6-4-10-19(21)20-11-5-7-13-22(20)23/h4-7,10-13,18,23-24H,2-3,8-9,14-17H2,1H3,(H,28,33)(H,31,32)/t18-,24+/m1/s1. The molecule has 180 valence electrons. The van der Waals surface area contributed by atoms with Gasteiger partial charge >= 0.3 is 12.1 Å². The van der Waals surface area contributed by atoms with Crippen LogP contribution in [0.2, 0.25) is 0 Å². The summed E-state index contributed by atoms with van der Waals surface area (Å²) in [5, 5.41) is 12.1. The smallest absolute Gasteiger partial charge is 0.407 e. The van der Waals surface area contributed by atoms with Gasteiger partial charge in [0.1, 0.15) is 12.6 Å². The molecule has 2 amide bonds. The molecule has 1 fully saturated rings. The normalized spacial score (nSPS) is 18.0. The average molecular weight is 465 g/mol. The van der Waals surface area contributed by atoms with Gasteiger partial charge in [0.25, 0.3) is 0 Å². The average Bonchev–Trinajstić information content (AvgIpc) is 3.18. The monoisotopic (exact) mass is 464 g/mol. The van der Waals surface area contributed by atoms with Gasteiger partial charge in [-0.15, -0.1) is 0 Å². The summed E-state index contributed by atoms with van der Waals surface area (Å²) in [5.74, 6) is -1.72. The molecule has 0 unspecified atom stereocenters. The van der Waals surface area contributed by atoms with Crippen molar-refractivity contribution in [1.82, 2.24) is 10.2 Å². The van der Waals surface area contributed by atoms with Gasteiger partial charge in [-0.2, -0.15) is 0 Å². The third kappa shape index (κ3) is 5.08. The number of nitrogens with one attached hydrogen (secondary N) is 1. The maximum absolute atomic E-state index is 13.2. The molecule has 2 aromatic rings. The molecule has 2 atom stereocenters. The molecule has 2 N–H and O–H groups in total. The van der Waals surface area contributed by atoms with E-state index in [0.717, 1.165) is 35.1 Å². The molecule has 1 aliphatic heterocycles. The molecule has 7 heteroatoms. The molecule has 2 aromatic carbocycles. The first-order valence-corrected chi connectivity index (χ1v) is 12.1. The molecule has 4 rings (SSSR count). The molecular formula is C27H32N2O5. The Balaban J connectivity index is 1.41. The van der Waals surface area contributed by atoms with Crippen molar-refractivity contribution in [2.45, 2.75) is 51.0 Å². The van der Waals surface area contributed by atoms with Gasteiger partial charge in [-0.1, -0.05) is 68.3 Å². The molecule has 7 nitrogen and oxygen atoms in total. The summed E-state index contributed by atoms with van der Waals surface area (Å²) >= 11 is 0. The molecule has 1 saturated heterocycles. The maximum atomic E-state index is 13.2. The van der Waals surface area contributed by atoms with Crippen molar-refractivity contribution < 1.29 is 24.2 Å². The van der Waals surface area contributed by atoms with E-state index in [1.54, 1.807) is 4.90 Å². The number of carbonyl (C=O) groups is 3. The van der Waals surface area contributed by atoms with Crippen molar-refractivity contribution in [1.29, 1.82) is 0 Å². The molecule has 0 saturated carbocycles. The number of carboxylic acid groups (broad SMARTS) is 1. The molecule has 1 aliphatic carbocycles. The van der Waals surface area contributed by atoms with Gasteiger partial charge in [-0.3, -0.25) is 9.59 Å². The van der Waals surface area contributed by atoms with Gasteiger partial charge in [-0.25, -0.2) is 4.79 Å². The first kappa shape index (κ1) is 23.8. The topological polar surface area (TPSA) is 95.9 Å². The minimum Gasteiger partial charge on any atom is -0.481 e. The van der Waals surface area contributed by atoms with Crippen LogP contribution >= 0.6 is 0 Å². The summed E-state index contributed by atoms with van der Waals surface area (Å²) < 4.78 is 5.63. The van der Waals surface area contributed by atoms with Gasteiger partial charge in [0, 0.05) is 19.0 Å². The number of piperidine rings is 1. The molecule has 0 aromatic heterocycles. The van der Waals surface area contributed by atoms with E-state index in [9.17, 15) is 19.5 Å². The van der Waals surface area contributed by atoms with E-state index in [2.05, 4.69) is 29.6 Å². The minimum atomic E-state index is -0.882. The van der Waals surface area contributed by atoms with Gasteiger partial charge in [0.05, 0.1) is 5.92 Å². The van der Waals surface area contributed by atoms with Crippen LogP contribution in [0.15, 0.2) is 48.5 Å². The predicted octanol–water partition coefficient (Wildman–Crippen LogP) is 4.41. The Hall–Kier alpha value is -3.35. The number of carbonyl (C=O) groups excluding carboxylic acids is 2. The van der Waals surface area contributed by atoms with Crippen molar-refractivity contribution >= 4 is 18.0 Å². The summed E-state index contributed by atoms with van der Waals surface area (Å²) in [6, 6.07) is 15.5. The molecule has 34 heavy (non-hydrogen) atoms. The number of amides is 2. The number of hydrogen-bond acceptors (Lipinski definition) is 4. The lowest BCUT2D eigenvalue weighted by atomic mass is 9.97. The molecular weight excluding hydrogens is 432 g/mol. The fourth-order valence-electron chi connectivity index (χ4n) is 5.05. The first-order chi connectivity index (χ1) is 16.5. The zero-order chi connectivity index (χ0) is 24.1. The predicted molar refractivity (Wildman–Crippen MR) is 128 cm³/mol. The van der Waals surface area contributed by atoms with Crippen molar-refractivity contribution in [2.75, 3.05) is 19.7 Å². The second-order valence-corrected chi connectivity index (χ2v) is 9.13. The number of aliphatic carboxylic acids is 1. The second-order valence-electron chi connectivity index (χ2n) is 9.13. The zero-order valence-corrected chi connectivity index (χ0v) is 19.5. The Morgan fingerprint density at radius 3 is 2.35 bits per heavy atom. The van der Waals surface area contributed by atoms with E-state index >= 15 is 0 Å². The third-order valence-electron chi connectivity index (χ3n) is 6.86. The van der Waals surface area contributed by atoms with E-state index in [4.69, 9.17) is 4.74 Å². The Morgan fingerprint density at radius 2 is 1.74 bits per heavy atom. The quantitative estimate of drug-likeness (QED) is 0.603. The van der Waals surface area contributed by atoms with Crippen LogP contribution in [0.5, 0.6) is 0 Å². The van der Waals surface area contributed by atoms with Crippen molar-refractivity contribution in [2.24, 2.45) is 5.92 Å². The highest BCUT2D eigenvalue weighted by molar-refractivity contribution is 5.86. The van der Waals surface area contributed by atoms with Crippen LogP contribution in [-0.4, -0.2) is 53.7 Å². The summed E-state index contributed by atoms with van der Waals surface area (Å²) in [7, 11) is 0. The SMILES string of the molecule is CCCC[C@H](NC(=O)OCC1c2ccccc2-c2ccccc21)C(=O)N1CCC[C@@H](C(=O)O)C1. The number of unbranched alkanes of at least 4 members (excludes halogenated alkanes) is 1. The fraction of sp³-hybridized carbons (Fsp3) is 0.444. The van der Waals surface area contributed by atoms with Crippen LogP contribution in [-0.2, 0) is 14.3 Å².